The van der Waals surface area contributed by atoms with Crippen molar-refractivity contribution in [3.8, 4) is 0 Å². The van der Waals surface area contributed by atoms with Crippen molar-refractivity contribution in [1.29, 1.82) is 0 Å². The Morgan fingerprint density at radius 1 is 1.44 bits per heavy atom. The Hall–Kier alpha value is -1.89. The number of amides is 1. The third-order valence-corrected chi connectivity index (χ3v) is 2.29. The highest BCUT2D eigenvalue weighted by atomic mass is 16.5. The zero-order chi connectivity index (χ0) is 11.5. The van der Waals surface area contributed by atoms with E-state index < -0.39 is 18.2 Å². The summed E-state index contributed by atoms with van der Waals surface area (Å²) in [5.41, 5.74) is 0.423. The number of nitrogens with zero attached hydrogens (tertiary/aromatic N) is 1. The fourth-order valence-corrected chi connectivity index (χ4v) is 1.50. The number of aliphatic carboxylic acids is 1. The van der Waals surface area contributed by atoms with Crippen LogP contribution < -0.4 is 5.32 Å². The molecule has 2 heterocycles. The van der Waals surface area contributed by atoms with Gasteiger partial charge < -0.3 is 19.7 Å². The lowest BCUT2D eigenvalue weighted by Crippen LogP contribution is -2.29. The molecule has 0 radical (unpaired) electrons. The van der Waals surface area contributed by atoms with E-state index in [0.29, 0.717) is 18.5 Å². The fraction of sp³-hybridized carbons (Fsp3) is 0.444. The molecular weight excluding hydrogens is 216 g/mol. The van der Waals surface area contributed by atoms with Gasteiger partial charge in [-0.2, -0.15) is 0 Å². The van der Waals surface area contributed by atoms with E-state index in [1.54, 1.807) is 0 Å². The first kappa shape index (κ1) is 10.6. The van der Waals surface area contributed by atoms with E-state index in [0.717, 1.165) is 0 Å². The number of carboxylic acids is 1. The highest BCUT2D eigenvalue weighted by Crippen LogP contribution is 2.21. The lowest BCUT2D eigenvalue weighted by atomic mass is 10.2. The molecule has 1 aliphatic heterocycles. The highest BCUT2D eigenvalue weighted by Gasteiger charge is 2.34. The van der Waals surface area contributed by atoms with Crippen molar-refractivity contribution in [2.75, 3.05) is 5.32 Å². The molecule has 0 bridgehead atoms. The Morgan fingerprint density at radius 2 is 2.19 bits per heavy atom. The second kappa shape index (κ2) is 4.31. The molecule has 2 rings (SSSR count). The largest absolute Gasteiger partial charge is 0.479 e. The maximum absolute atomic E-state index is 11.6. The van der Waals surface area contributed by atoms with E-state index in [2.05, 4.69) is 15.0 Å². The molecule has 1 aromatic heterocycles. The predicted octanol–water partition coefficient (Wildman–Crippen LogP) is 0.245. The van der Waals surface area contributed by atoms with Crippen molar-refractivity contribution in [2.45, 2.75) is 25.0 Å². The van der Waals surface area contributed by atoms with E-state index >= 15 is 0 Å². The third-order valence-electron chi connectivity index (χ3n) is 2.29. The summed E-state index contributed by atoms with van der Waals surface area (Å²) in [6.45, 7) is 0. The molecule has 16 heavy (non-hydrogen) atoms. The summed E-state index contributed by atoms with van der Waals surface area (Å²) in [5.74, 6) is -1.42. The molecule has 86 valence electrons. The van der Waals surface area contributed by atoms with Gasteiger partial charge in [0.25, 0.3) is 5.91 Å². The smallest absolute Gasteiger partial charge is 0.332 e. The van der Waals surface area contributed by atoms with Crippen LogP contribution in [-0.2, 0) is 14.3 Å². The number of rotatable bonds is 3. The Morgan fingerprint density at radius 3 is 2.75 bits per heavy atom. The van der Waals surface area contributed by atoms with Crippen LogP contribution >= 0.6 is 0 Å². The monoisotopic (exact) mass is 226 g/mol. The average Bonchev–Trinajstić information content (AvgIpc) is 2.86. The van der Waals surface area contributed by atoms with Gasteiger partial charge in [0.2, 0.25) is 0 Å². The standard InChI is InChI=1S/C9H10N2O5/c12-8(11-5-3-10-15-4-5)6-1-2-7(16-6)9(13)14/h3-4,6-7H,1-2H2,(H,11,12)(H,13,14)/t6-,7+/m0/s1. The van der Waals surface area contributed by atoms with Crippen molar-refractivity contribution < 1.29 is 24.0 Å². The van der Waals surface area contributed by atoms with Gasteiger partial charge in [-0.3, -0.25) is 4.79 Å². The molecule has 1 aliphatic rings. The van der Waals surface area contributed by atoms with Gasteiger partial charge >= 0.3 is 5.97 Å². The van der Waals surface area contributed by atoms with Crippen molar-refractivity contribution in [1.82, 2.24) is 5.16 Å². The fourth-order valence-electron chi connectivity index (χ4n) is 1.50. The first-order chi connectivity index (χ1) is 7.66. The van der Waals surface area contributed by atoms with Gasteiger partial charge in [0.1, 0.15) is 18.1 Å². The molecular formula is C9H10N2O5. The number of hydrogen-bond acceptors (Lipinski definition) is 5. The molecule has 7 nitrogen and oxygen atoms in total. The number of carbonyl (C=O) groups excluding carboxylic acids is 1. The normalized spacial score (nSPS) is 24.2. The van der Waals surface area contributed by atoms with Crippen molar-refractivity contribution in [3.63, 3.8) is 0 Å². The maximum Gasteiger partial charge on any atom is 0.332 e. The van der Waals surface area contributed by atoms with Gasteiger partial charge in [-0.15, -0.1) is 0 Å². The van der Waals surface area contributed by atoms with Crippen molar-refractivity contribution in [2.24, 2.45) is 0 Å². The van der Waals surface area contributed by atoms with Gasteiger partial charge in [-0.25, -0.2) is 4.79 Å². The highest BCUT2D eigenvalue weighted by molar-refractivity contribution is 5.94. The van der Waals surface area contributed by atoms with Gasteiger partial charge in [-0.1, -0.05) is 5.16 Å². The summed E-state index contributed by atoms with van der Waals surface area (Å²) < 4.78 is 9.61. The molecule has 1 fully saturated rings. The van der Waals surface area contributed by atoms with Crippen LogP contribution in [-0.4, -0.2) is 34.3 Å². The lowest BCUT2D eigenvalue weighted by molar-refractivity contribution is -0.150. The first-order valence-electron chi connectivity index (χ1n) is 4.75. The zero-order valence-electron chi connectivity index (χ0n) is 8.25. The molecule has 2 atom stereocenters. The van der Waals surface area contributed by atoms with Gasteiger partial charge in [0.15, 0.2) is 6.10 Å². The van der Waals surface area contributed by atoms with Crippen LogP contribution in [0.3, 0.4) is 0 Å². The minimum atomic E-state index is -1.04. The van der Waals surface area contributed by atoms with Gasteiger partial charge in [0.05, 0.1) is 6.20 Å². The molecule has 0 unspecified atom stereocenters. The molecule has 1 aromatic rings. The minimum Gasteiger partial charge on any atom is -0.479 e. The van der Waals surface area contributed by atoms with Crippen LogP contribution in [0, 0.1) is 0 Å². The number of carboxylic acid groups (broad SMARTS) is 1. The Kier molecular flexibility index (Phi) is 2.86. The summed E-state index contributed by atoms with van der Waals surface area (Å²) in [7, 11) is 0. The molecule has 7 heteroatoms. The van der Waals surface area contributed by atoms with E-state index in [9.17, 15) is 9.59 Å². The number of anilines is 1. The predicted molar refractivity (Wildman–Crippen MR) is 50.7 cm³/mol. The Labute approximate surface area is 90.4 Å². The van der Waals surface area contributed by atoms with Gasteiger partial charge in [-0.05, 0) is 12.8 Å². The van der Waals surface area contributed by atoms with Crippen molar-refractivity contribution in [3.05, 3.63) is 12.5 Å². The first-order valence-corrected chi connectivity index (χ1v) is 4.75. The van der Waals surface area contributed by atoms with E-state index in [1.807, 2.05) is 0 Å². The Bertz CT molecular complexity index is 389. The molecule has 1 amide bonds. The van der Waals surface area contributed by atoms with Crippen LogP contribution in [0.25, 0.3) is 0 Å². The molecule has 0 aliphatic carbocycles. The quantitative estimate of drug-likeness (QED) is 0.765. The van der Waals surface area contributed by atoms with Gasteiger partial charge in [0, 0.05) is 0 Å². The van der Waals surface area contributed by atoms with E-state index in [1.165, 1.54) is 12.5 Å². The molecule has 2 N–H and O–H groups in total. The third kappa shape index (κ3) is 2.19. The summed E-state index contributed by atoms with van der Waals surface area (Å²) in [4.78, 5) is 22.2. The zero-order valence-corrected chi connectivity index (χ0v) is 8.25. The second-order valence-corrected chi connectivity index (χ2v) is 3.43. The molecule has 0 spiro atoms. The van der Waals surface area contributed by atoms with Crippen LogP contribution in [0.15, 0.2) is 17.0 Å². The summed E-state index contributed by atoms with van der Waals surface area (Å²) in [6, 6.07) is 0. The number of hydrogen-bond donors (Lipinski definition) is 2. The SMILES string of the molecule is O=C(Nc1cnoc1)[C@@H]1CC[C@H](C(=O)O)O1. The van der Waals surface area contributed by atoms with Crippen LogP contribution in [0.1, 0.15) is 12.8 Å². The summed E-state index contributed by atoms with van der Waals surface area (Å²) in [6.07, 6.45) is 1.75. The van der Waals surface area contributed by atoms with Crippen LogP contribution in [0.4, 0.5) is 5.69 Å². The van der Waals surface area contributed by atoms with E-state index in [-0.39, 0.29) is 5.91 Å². The number of ether oxygens (including phenoxy) is 1. The lowest BCUT2D eigenvalue weighted by Gasteiger charge is -2.09. The number of aromatic nitrogens is 1. The topological polar surface area (TPSA) is 102 Å². The minimum absolute atomic E-state index is 0.344. The van der Waals surface area contributed by atoms with Crippen LogP contribution in [0.5, 0.6) is 0 Å². The molecule has 1 saturated heterocycles. The van der Waals surface area contributed by atoms with Crippen LogP contribution in [0.2, 0.25) is 0 Å². The van der Waals surface area contributed by atoms with Crippen molar-refractivity contribution >= 4 is 17.6 Å². The summed E-state index contributed by atoms with van der Waals surface area (Å²) >= 11 is 0. The maximum atomic E-state index is 11.6. The number of carbonyl (C=O) groups is 2. The Balaban J connectivity index is 1.90. The molecule has 0 saturated carbocycles. The molecule has 0 aromatic carbocycles. The summed E-state index contributed by atoms with van der Waals surface area (Å²) in [5, 5.41) is 14.6. The van der Waals surface area contributed by atoms with E-state index in [4.69, 9.17) is 9.84 Å². The average molecular weight is 226 g/mol. The second-order valence-electron chi connectivity index (χ2n) is 3.43. The number of nitrogens with one attached hydrogen (secondary N) is 1.